The number of carbonyl (C=O) groups is 4. The first-order valence-electron chi connectivity index (χ1n) is 6.41. The summed E-state index contributed by atoms with van der Waals surface area (Å²) in [6.45, 7) is 0. The van der Waals surface area contributed by atoms with E-state index in [9.17, 15) is 27.6 Å². The zero-order chi connectivity index (χ0) is 18.3. The molecule has 130 valence electrons. The van der Waals surface area contributed by atoms with Gasteiger partial charge in [0, 0.05) is 18.5 Å². The molecule has 0 heterocycles. The van der Waals surface area contributed by atoms with Crippen molar-refractivity contribution in [1.82, 2.24) is 10.1 Å². The Labute approximate surface area is 136 Å². The van der Waals surface area contributed by atoms with Crippen molar-refractivity contribution in [2.24, 2.45) is 11.6 Å². The van der Waals surface area contributed by atoms with Gasteiger partial charge >= 0.3 is 11.8 Å². The SMILES string of the molecule is NNC(=O)CCC(=O)Nc1ccc(S(=O)(=O)NC(=O)C(N)=O)cc1. The number of rotatable bonds is 6. The topological polar surface area (TPSA) is 191 Å². The van der Waals surface area contributed by atoms with Gasteiger partial charge in [-0.1, -0.05) is 0 Å². The van der Waals surface area contributed by atoms with Crippen molar-refractivity contribution < 1.29 is 27.6 Å². The first-order chi connectivity index (χ1) is 11.2. The average molecular weight is 357 g/mol. The standard InChI is InChI=1S/C12H15N5O6S/c13-11(20)12(21)17-24(22,23)8-3-1-7(2-4-8)15-9(18)5-6-10(19)16-14/h1-4H,5-6,14H2,(H2,13,20)(H,15,18)(H,16,19)(H,17,21). The minimum absolute atomic E-state index is 0.103. The molecule has 1 aromatic carbocycles. The number of nitrogens with two attached hydrogens (primary N) is 2. The highest BCUT2D eigenvalue weighted by molar-refractivity contribution is 7.90. The maximum atomic E-state index is 11.8. The number of primary amides is 1. The van der Waals surface area contributed by atoms with E-state index in [4.69, 9.17) is 5.84 Å². The van der Waals surface area contributed by atoms with Gasteiger partial charge in [-0.15, -0.1) is 0 Å². The van der Waals surface area contributed by atoms with Gasteiger partial charge in [0.15, 0.2) is 0 Å². The van der Waals surface area contributed by atoms with E-state index < -0.39 is 33.7 Å². The van der Waals surface area contributed by atoms with Crippen LogP contribution < -0.4 is 27.0 Å². The molecule has 4 amide bonds. The Hall–Kier alpha value is -2.99. The van der Waals surface area contributed by atoms with Crippen LogP contribution in [-0.4, -0.2) is 32.0 Å². The van der Waals surface area contributed by atoms with Crippen molar-refractivity contribution in [1.29, 1.82) is 0 Å². The predicted octanol–water partition coefficient (Wildman–Crippen LogP) is -2.31. The molecule has 0 fully saturated rings. The molecule has 0 aliphatic carbocycles. The van der Waals surface area contributed by atoms with Crippen LogP contribution >= 0.6 is 0 Å². The lowest BCUT2D eigenvalue weighted by Gasteiger charge is -2.07. The second-order valence-corrected chi connectivity index (χ2v) is 6.12. The van der Waals surface area contributed by atoms with Crippen molar-refractivity contribution in [3.05, 3.63) is 24.3 Å². The maximum Gasteiger partial charge on any atom is 0.322 e. The Morgan fingerprint density at radius 2 is 1.50 bits per heavy atom. The fourth-order valence-corrected chi connectivity index (χ4v) is 2.43. The van der Waals surface area contributed by atoms with E-state index in [1.54, 1.807) is 0 Å². The maximum absolute atomic E-state index is 11.8. The summed E-state index contributed by atoms with van der Waals surface area (Å²) in [6.07, 6.45) is -0.217. The van der Waals surface area contributed by atoms with Crippen molar-refractivity contribution in [2.75, 3.05) is 5.32 Å². The summed E-state index contributed by atoms with van der Waals surface area (Å²) in [5, 5.41) is 2.44. The number of sulfonamides is 1. The Bertz CT molecular complexity index is 759. The van der Waals surface area contributed by atoms with Crippen molar-refractivity contribution in [2.45, 2.75) is 17.7 Å². The molecule has 0 atom stereocenters. The lowest BCUT2D eigenvalue weighted by Crippen LogP contribution is -2.39. The number of hydrogen-bond donors (Lipinski definition) is 5. The number of anilines is 1. The molecule has 0 aliphatic heterocycles. The van der Waals surface area contributed by atoms with Crippen LogP contribution in [0, 0.1) is 0 Å². The zero-order valence-corrected chi connectivity index (χ0v) is 13.1. The van der Waals surface area contributed by atoms with Gasteiger partial charge < -0.3 is 11.1 Å². The molecule has 24 heavy (non-hydrogen) atoms. The average Bonchev–Trinajstić information content (AvgIpc) is 2.52. The van der Waals surface area contributed by atoms with Crippen LogP contribution in [-0.2, 0) is 29.2 Å². The third-order valence-electron chi connectivity index (χ3n) is 2.64. The van der Waals surface area contributed by atoms with Crippen LogP contribution in [0.15, 0.2) is 29.2 Å². The molecule has 12 heteroatoms. The van der Waals surface area contributed by atoms with E-state index in [-0.39, 0.29) is 23.4 Å². The number of amides is 4. The third-order valence-corrected chi connectivity index (χ3v) is 3.99. The molecular formula is C12H15N5O6S. The van der Waals surface area contributed by atoms with E-state index in [0.717, 1.165) is 12.1 Å². The van der Waals surface area contributed by atoms with Gasteiger partial charge in [0.05, 0.1) is 4.90 Å². The molecule has 1 aromatic rings. The van der Waals surface area contributed by atoms with Crippen molar-refractivity contribution in [3.63, 3.8) is 0 Å². The van der Waals surface area contributed by atoms with Gasteiger partial charge in [-0.25, -0.2) is 19.0 Å². The lowest BCUT2D eigenvalue weighted by atomic mass is 10.2. The summed E-state index contributed by atoms with van der Waals surface area (Å²) in [5.41, 5.74) is 6.81. The first-order valence-corrected chi connectivity index (χ1v) is 7.90. The summed E-state index contributed by atoms with van der Waals surface area (Å²) in [4.78, 5) is 43.8. The van der Waals surface area contributed by atoms with Crippen LogP contribution in [0.5, 0.6) is 0 Å². The highest BCUT2D eigenvalue weighted by Gasteiger charge is 2.20. The van der Waals surface area contributed by atoms with Gasteiger partial charge in [0.1, 0.15) is 0 Å². The largest absolute Gasteiger partial charge is 0.361 e. The van der Waals surface area contributed by atoms with Gasteiger partial charge in [0.2, 0.25) is 11.8 Å². The molecule has 0 aliphatic rings. The Morgan fingerprint density at radius 1 is 0.958 bits per heavy atom. The van der Waals surface area contributed by atoms with Crippen molar-refractivity contribution >= 4 is 39.3 Å². The van der Waals surface area contributed by atoms with E-state index in [1.165, 1.54) is 16.9 Å². The minimum atomic E-state index is -4.25. The highest BCUT2D eigenvalue weighted by atomic mass is 32.2. The molecule has 7 N–H and O–H groups in total. The fourth-order valence-electron chi connectivity index (χ4n) is 1.47. The van der Waals surface area contributed by atoms with Crippen molar-refractivity contribution in [3.8, 4) is 0 Å². The summed E-state index contributed by atoms with van der Waals surface area (Å²) < 4.78 is 25.1. The minimum Gasteiger partial charge on any atom is -0.361 e. The van der Waals surface area contributed by atoms with Gasteiger partial charge in [-0.2, -0.15) is 0 Å². The Morgan fingerprint density at radius 3 is 2.00 bits per heavy atom. The lowest BCUT2D eigenvalue weighted by molar-refractivity contribution is -0.136. The van der Waals surface area contributed by atoms with Crippen LogP contribution in [0.2, 0.25) is 0 Å². The quantitative estimate of drug-likeness (QED) is 0.163. The van der Waals surface area contributed by atoms with Crippen LogP contribution in [0.3, 0.4) is 0 Å². The molecule has 0 bridgehead atoms. The summed E-state index contributed by atoms with van der Waals surface area (Å²) in [6, 6.07) is 4.76. The van der Waals surface area contributed by atoms with Crippen LogP contribution in [0.4, 0.5) is 5.69 Å². The second-order valence-electron chi connectivity index (χ2n) is 4.44. The zero-order valence-electron chi connectivity index (χ0n) is 12.2. The van der Waals surface area contributed by atoms with Gasteiger partial charge in [0.25, 0.3) is 10.0 Å². The van der Waals surface area contributed by atoms with E-state index in [0.29, 0.717) is 0 Å². The molecule has 0 saturated heterocycles. The van der Waals surface area contributed by atoms with Crippen LogP contribution in [0.25, 0.3) is 0 Å². The number of benzene rings is 1. The fraction of sp³-hybridized carbons (Fsp3) is 0.167. The number of carbonyl (C=O) groups excluding carboxylic acids is 4. The molecule has 0 saturated carbocycles. The van der Waals surface area contributed by atoms with E-state index >= 15 is 0 Å². The smallest absolute Gasteiger partial charge is 0.322 e. The highest BCUT2D eigenvalue weighted by Crippen LogP contribution is 2.14. The molecule has 11 nitrogen and oxygen atoms in total. The molecule has 0 radical (unpaired) electrons. The molecule has 1 rings (SSSR count). The Balaban J connectivity index is 2.72. The summed E-state index contributed by atoms with van der Waals surface area (Å²) >= 11 is 0. The first kappa shape index (κ1) is 19.1. The molecule has 0 unspecified atom stereocenters. The molecule has 0 aromatic heterocycles. The molecule has 0 spiro atoms. The normalized spacial score (nSPS) is 10.5. The second kappa shape index (κ2) is 8.03. The van der Waals surface area contributed by atoms with E-state index in [2.05, 4.69) is 11.1 Å². The molecular weight excluding hydrogens is 342 g/mol. The Kier molecular flexibility index (Phi) is 6.38. The third kappa shape index (κ3) is 5.66. The summed E-state index contributed by atoms with van der Waals surface area (Å²) in [7, 11) is -4.25. The van der Waals surface area contributed by atoms with Gasteiger partial charge in [-0.3, -0.25) is 24.6 Å². The van der Waals surface area contributed by atoms with Crippen LogP contribution in [0.1, 0.15) is 12.8 Å². The number of hydrazine groups is 1. The monoisotopic (exact) mass is 357 g/mol. The predicted molar refractivity (Wildman–Crippen MR) is 81.2 cm³/mol. The summed E-state index contributed by atoms with van der Waals surface area (Å²) in [5.74, 6) is 0.988. The van der Waals surface area contributed by atoms with E-state index in [1.807, 2.05) is 5.43 Å². The van der Waals surface area contributed by atoms with Gasteiger partial charge in [-0.05, 0) is 24.3 Å². The number of nitrogens with one attached hydrogen (secondary N) is 3. The number of hydrogen-bond acceptors (Lipinski definition) is 7.